The molecule has 124 valence electrons. The summed E-state index contributed by atoms with van der Waals surface area (Å²) in [4.78, 5) is 0. The van der Waals surface area contributed by atoms with E-state index in [4.69, 9.17) is 4.18 Å². The Labute approximate surface area is 138 Å². The van der Waals surface area contributed by atoms with Gasteiger partial charge < -0.3 is 0 Å². The van der Waals surface area contributed by atoms with Crippen LogP contribution >= 0.6 is 0 Å². The van der Waals surface area contributed by atoms with Gasteiger partial charge in [-0.25, -0.2) is 0 Å². The van der Waals surface area contributed by atoms with Gasteiger partial charge in [0.1, 0.15) is 0 Å². The summed E-state index contributed by atoms with van der Waals surface area (Å²) in [5, 5.41) is 1.22. The highest BCUT2D eigenvalue weighted by molar-refractivity contribution is 7.89. The van der Waals surface area contributed by atoms with Crippen LogP contribution in [0, 0.1) is 23.7 Å². The van der Waals surface area contributed by atoms with E-state index in [1.54, 1.807) is 6.08 Å². The minimum absolute atomic E-state index is 0.402. The van der Waals surface area contributed by atoms with Gasteiger partial charge in [0.05, 0.1) is 11.0 Å². The molecule has 4 heteroatoms. The molecule has 0 radical (unpaired) electrons. The average Bonchev–Trinajstić information content (AvgIpc) is 2.51. The van der Waals surface area contributed by atoms with Crippen molar-refractivity contribution in [2.24, 2.45) is 23.7 Å². The maximum absolute atomic E-state index is 12.5. The predicted octanol–water partition coefficient (Wildman–Crippen LogP) is 4.22. The first-order valence-corrected chi connectivity index (χ1v) is 10.1. The fraction of sp³-hybridized carbons (Fsp3) is 0.579. The smallest absolute Gasteiger partial charge is 0.260 e. The third kappa shape index (κ3) is 2.87. The van der Waals surface area contributed by atoms with Crippen molar-refractivity contribution in [1.29, 1.82) is 0 Å². The summed E-state index contributed by atoms with van der Waals surface area (Å²) in [7, 11) is -3.66. The molecule has 4 aliphatic rings. The molecule has 1 aromatic rings. The molecule has 0 unspecified atom stereocenters. The monoisotopic (exact) mass is 332 g/mol. The summed E-state index contributed by atoms with van der Waals surface area (Å²) in [6, 6.07) is 9.48. The zero-order chi connectivity index (χ0) is 16.1. The van der Waals surface area contributed by atoms with Crippen molar-refractivity contribution in [2.75, 3.05) is 0 Å². The highest BCUT2D eigenvalue weighted by atomic mass is 32.2. The lowest BCUT2D eigenvalue weighted by atomic mass is 9.50. The van der Waals surface area contributed by atoms with E-state index >= 15 is 0 Å². The van der Waals surface area contributed by atoms with Gasteiger partial charge >= 0.3 is 0 Å². The van der Waals surface area contributed by atoms with Gasteiger partial charge in [0.2, 0.25) is 0 Å². The number of rotatable bonds is 4. The van der Waals surface area contributed by atoms with Gasteiger partial charge in [0.15, 0.2) is 0 Å². The third-order valence-electron chi connectivity index (χ3n) is 6.28. The van der Waals surface area contributed by atoms with Crippen molar-refractivity contribution < 1.29 is 12.6 Å². The molecule has 1 aromatic carbocycles. The van der Waals surface area contributed by atoms with Crippen LogP contribution in [0.1, 0.15) is 44.6 Å². The van der Waals surface area contributed by atoms with Crippen LogP contribution in [0.15, 0.2) is 35.7 Å². The summed E-state index contributed by atoms with van der Waals surface area (Å²) in [5.74, 6) is 2.41. The molecular formula is C19H24O3S. The lowest BCUT2D eigenvalue weighted by Gasteiger charge is -2.58. The topological polar surface area (TPSA) is 43.4 Å². The van der Waals surface area contributed by atoms with Crippen LogP contribution < -0.4 is 0 Å². The van der Waals surface area contributed by atoms with Gasteiger partial charge in [-0.2, -0.15) is 8.42 Å². The molecule has 0 aromatic heterocycles. The van der Waals surface area contributed by atoms with Gasteiger partial charge in [0, 0.05) is 0 Å². The first-order valence-electron chi connectivity index (χ1n) is 8.63. The van der Waals surface area contributed by atoms with Crippen LogP contribution in [0.2, 0.25) is 0 Å². The molecule has 0 spiro atoms. The van der Waals surface area contributed by atoms with E-state index in [-0.39, 0.29) is 0 Å². The largest absolute Gasteiger partial charge is 0.290 e. The molecule has 0 amide bonds. The molecule has 0 aliphatic heterocycles. The molecule has 23 heavy (non-hydrogen) atoms. The van der Waals surface area contributed by atoms with E-state index in [0.29, 0.717) is 11.8 Å². The minimum atomic E-state index is -3.66. The summed E-state index contributed by atoms with van der Waals surface area (Å²) in [5.41, 5.74) is 0.364. The van der Waals surface area contributed by atoms with Gasteiger partial charge in [-0.1, -0.05) is 30.3 Å². The SMILES string of the molecule is CC1(OS(=O)(=O)C=Cc2ccccc2)C2CC3CC(C2)CC1C3. The molecule has 3 nitrogen and oxygen atoms in total. The second kappa shape index (κ2) is 5.45. The Hall–Kier alpha value is -1.13. The highest BCUT2D eigenvalue weighted by Gasteiger charge is 2.57. The molecule has 0 saturated heterocycles. The van der Waals surface area contributed by atoms with E-state index in [0.717, 1.165) is 43.1 Å². The third-order valence-corrected chi connectivity index (χ3v) is 7.34. The second-order valence-electron chi connectivity index (χ2n) is 7.78. The fourth-order valence-corrected chi connectivity index (χ4v) is 6.41. The maximum atomic E-state index is 12.5. The average molecular weight is 332 g/mol. The Balaban J connectivity index is 1.53. The molecule has 5 rings (SSSR count). The predicted molar refractivity (Wildman–Crippen MR) is 90.9 cm³/mol. The van der Waals surface area contributed by atoms with Crippen LogP contribution in [0.3, 0.4) is 0 Å². The van der Waals surface area contributed by atoms with E-state index < -0.39 is 15.7 Å². The van der Waals surface area contributed by atoms with Gasteiger partial charge in [0.25, 0.3) is 10.1 Å². The van der Waals surface area contributed by atoms with Crippen LogP contribution in [0.25, 0.3) is 6.08 Å². The Kier molecular flexibility index (Phi) is 3.65. The van der Waals surface area contributed by atoms with Gasteiger partial charge in [-0.3, -0.25) is 4.18 Å². The summed E-state index contributed by atoms with van der Waals surface area (Å²) in [6.45, 7) is 2.04. The molecule has 4 aliphatic carbocycles. The van der Waals surface area contributed by atoms with Crippen molar-refractivity contribution in [3.8, 4) is 0 Å². The lowest BCUT2D eigenvalue weighted by molar-refractivity contribution is -0.142. The van der Waals surface area contributed by atoms with Crippen LogP contribution in [0.4, 0.5) is 0 Å². The van der Waals surface area contributed by atoms with Crippen molar-refractivity contribution in [3.63, 3.8) is 0 Å². The summed E-state index contributed by atoms with van der Waals surface area (Å²) >= 11 is 0. The Morgan fingerprint density at radius 2 is 1.57 bits per heavy atom. The van der Waals surface area contributed by atoms with Gasteiger partial charge in [-0.15, -0.1) is 0 Å². The maximum Gasteiger partial charge on any atom is 0.290 e. The molecule has 0 atom stereocenters. The normalized spacial score (nSPS) is 39.2. The number of benzene rings is 1. The first kappa shape index (κ1) is 15.4. The Bertz CT molecular complexity index is 677. The Morgan fingerprint density at radius 3 is 2.13 bits per heavy atom. The quantitative estimate of drug-likeness (QED) is 0.775. The van der Waals surface area contributed by atoms with Gasteiger partial charge in [-0.05, 0) is 74.3 Å². The molecule has 0 N–H and O–H groups in total. The standard InChI is InChI=1S/C19H24O3S/c1-19(17-10-15-9-16(12-17)13-18(19)11-15)22-23(20,21)8-7-14-5-3-2-4-6-14/h2-8,15-18H,9-13H2,1H3. The van der Waals surface area contributed by atoms with Crippen molar-refractivity contribution in [2.45, 2.75) is 44.6 Å². The molecule has 4 bridgehead atoms. The van der Waals surface area contributed by atoms with Crippen LogP contribution in [0.5, 0.6) is 0 Å². The Morgan fingerprint density at radius 1 is 1.00 bits per heavy atom. The summed E-state index contributed by atoms with van der Waals surface area (Å²) < 4.78 is 30.8. The highest BCUT2D eigenvalue weighted by Crippen LogP contribution is 2.59. The zero-order valence-corrected chi connectivity index (χ0v) is 14.3. The number of hydrogen-bond acceptors (Lipinski definition) is 3. The number of hydrogen-bond donors (Lipinski definition) is 0. The van der Waals surface area contributed by atoms with E-state index in [1.807, 2.05) is 37.3 Å². The van der Waals surface area contributed by atoms with Crippen molar-refractivity contribution in [3.05, 3.63) is 41.3 Å². The second-order valence-corrected chi connectivity index (χ2v) is 9.20. The van der Waals surface area contributed by atoms with E-state index in [9.17, 15) is 8.42 Å². The van der Waals surface area contributed by atoms with E-state index in [2.05, 4.69) is 0 Å². The lowest BCUT2D eigenvalue weighted by Crippen LogP contribution is -2.57. The van der Waals surface area contributed by atoms with Crippen molar-refractivity contribution in [1.82, 2.24) is 0 Å². The molecular weight excluding hydrogens is 308 g/mol. The van der Waals surface area contributed by atoms with Crippen molar-refractivity contribution >= 4 is 16.2 Å². The molecule has 0 heterocycles. The van der Waals surface area contributed by atoms with E-state index in [1.165, 1.54) is 11.8 Å². The minimum Gasteiger partial charge on any atom is -0.260 e. The van der Waals surface area contributed by atoms with Crippen LogP contribution in [-0.4, -0.2) is 14.0 Å². The summed E-state index contributed by atoms with van der Waals surface area (Å²) in [6.07, 6.45) is 7.53. The van der Waals surface area contributed by atoms with Crippen LogP contribution in [-0.2, 0) is 14.3 Å². The zero-order valence-electron chi connectivity index (χ0n) is 13.5. The molecule has 4 fully saturated rings. The first-order chi connectivity index (χ1) is 10.9. The molecule has 4 saturated carbocycles. The fourth-order valence-electron chi connectivity index (χ4n) is 5.26.